The summed E-state index contributed by atoms with van der Waals surface area (Å²) >= 11 is 3.43. The van der Waals surface area contributed by atoms with Crippen LogP contribution >= 0.6 is 15.9 Å². The number of carbonyl (C=O) groups is 2. The van der Waals surface area contributed by atoms with Crippen LogP contribution < -0.4 is 15.0 Å². The number of carbonyl (C=O) groups excluding carboxylic acids is 2. The predicted octanol–water partition coefficient (Wildman–Crippen LogP) is 4.40. The number of methoxy groups -OCH3 is 1. The molecule has 3 heterocycles. The van der Waals surface area contributed by atoms with Crippen molar-refractivity contribution in [2.24, 2.45) is 5.41 Å². The first-order chi connectivity index (χ1) is 16.5. The molecule has 2 amide bonds. The molecule has 2 fully saturated rings. The van der Waals surface area contributed by atoms with Crippen LogP contribution in [0.2, 0.25) is 0 Å². The molecule has 10 heteroatoms. The van der Waals surface area contributed by atoms with Crippen molar-refractivity contribution in [3.63, 3.8) is 0 Å². The van der Waals surface area contributed by atoms with Crippen molar-refractivity contribution in [3.05, 3.63) is 40.6 Å². The number of nitrogens with one attached hydrogen (secondary N) is 1. The second kappa shape index (κ2) is 9.64. The summed E-state index contributed by atoms with van der Waals surface area (Å²) in [4.78, 5) is 38.8. The molecule has 1 N–H and O–H groups in total. The number of halogens is 1. The van der Waals surface area contributed by atoms with Crippen LogP contribution in [0.3, 0.4) is 0 Å². The first-order valence-corrected chi connectivity index (χ1v) is 12.5. The lowest BCUT2D eigenvalue weighted by atomic mass is 9.74. The third-order valence-electron chi connectivity index (χ3n) is 6.54. The Balaban J connectivity index is 1.61. The van der Waals surface area contributed by atoms with Crippen molar-refractivity contribution in [2.45, 2.75) is 52.2 Å². The van der Waals surface area contributed by atoms with Gasteiger partial charge in [0.2, 0.25) is 5.95 Å². The van der Waals surface area contributed by atoms with Gasteiger partial charge in [-0.25, -0.2) is 14.8 Å². The standard InChI is InChI=1S/C25H32BrN5O4/c1-16-19(26)14-27-22(28-16)31-15-25(9-11-30(12-10-25)23(33)35-24(2,3)4)20(21(31)32)29-17-7-6-8-18(13-17)34-5/h6-8,13-14,20,29H,9-12,15H2,1-5H3. The zero-order valence-electron chi connectivity index (χ0n) is 20.8. The number of hydrogen-bond donors (Lipinski definition) is 1. The van der Waals surface area contributed by atoms with E-state index in [1.165, 1.54) is 0 Å². The fourth-order valence-electron chi connectivity index (χ4n) is 4.64. The number of piperidine rings is 1. The highest BCUT2D eigenvalue weighted by Gasteiger charge is 2.55. The van der Waals surface area contributed by atoms with E-state index in [1.807, 2.05) is 52.0 Å². The van der Waals surface area contributed by atoms with Crippen molar-refractivity contribution in [1.82, 2.24) is 14.9 Å². The minimum atomic E-state index is -0.556. The fraction of sp³-hybridized carbons (Fsp3) is 0.520. The molecule has 1 aromatic heterocycles. The number of likely N-dealkylation sites (tertiary alicyclic amines) is 1. The van der Waals surface area contributed by atoms with E-state index >= 15 is 0 Å². The Morgan fingerprint density at radius 2 is 1.97 bits per heavy atom. The number of aryl methyl sites for hydroxylation is 1. The minimum Gasteiger partial charge on any atom is -0.497 e. The number of ether oxygens (including phenoxy) is 2. The van der Waals surface area contributed by atoms with Crippen LogP contribution in [0.1, 0.15) is 39.3 Å². The van der Waals surface area contributed by atoms with Crippen molar-refractivity contribution in [3.8, 4) is 5.75 Å². The van der Waals surface area contributed by atoms with Gasteiger partial charge in [0, 0.05) is 43.0 Å². The third-order valence-corrected chi connectivity index (χ3v) is 7.32. The molecule has 4 rings (SSSR count). The number of rotatable bonds is 4. The van der Waals surface area contributed by atoms with Crippen molar-refractivity contribution >= 4 is 39.6 Å². The van der Waals surface area contributed by atoms with Gasteiger partial charge in [0.25, 0.3) is 5.91 Å². The van der Waals surface area contributed by atoms with Crippen LogP contribution in [0.4, 0.5) is 16.4 Å². The van der Waals surface area contributed by atoms with Gasteiger partial charge in [-0.1, -0.05) is 6.07 Å². The number of nitrogens with zero attached hydrogens (tertiary/aromatic N) is 4. The van der Waals surface area contributed by atoms with Crippen LogP contribution in [-0.2, 0) is 9.53 Å². The summed E-state index contributed by atoms with van der Waals surface area (Å²) in [6.07, 6.45) is 2.64. The van der Waals surface area contributed by atoms with Crippen molar-refractivity contribution in [1.29, 1.82) is 0 Å². The molecule has 2 aliphatic heterocycles. The van der Waals surface area contributed by atoms with Gasteiger partial charge < -0.3 is 19.7 Å². The van der Waals surface area contributed by atoms with Gasteiger partial charge in [-0.05, 0) is 68.6 Å². The molecule has 9 nitrogen and oxygen atoms in total. The molecular formula is C25H32BrN5O4. The zero-order valence-corrected chi connectivity index (χ0v) is 22.4. The largest absolute Gasteiger partial charge is 0.497 e. The number of anilines is 2. The Labute approximate surface area is 214 Å². The van der Waals surface area contributed by atoms with E-state index in [1.54, 1.807) is 23.1 Å². The smallest absolute Gasteiger partial charge is 0.410 e. The number of amides is 2. The van der Waals surface area contributed by atoms with E-state index in [-0.39, 0.29) is 12.0 Å². The van der Waals surface area contributed by atoms with Gasteiger partial charge in [0.15, 0.2) is 0 Å². The second-order valence-corrected chi connectivity index (χ2v) is 11.0. The van der Waals surface area contributed by atoms with Gasteiger partial charge in [0.05, 0.1) is 17.3 Å². The molecule has 2 aromatic rings. The molecule has 2 aliphatic rings. The van der Waals surface area contributed by atoms with E-state index in [9.17, 15) is 9.59 Å². The van der Waals surface area contributed by atoms with Crippen LogP contribution in [-0.4, -0.2) is 65.3 Å². The maximum Gasteiger partial charge on any atom is 0.410 e. The molecule has 35 heavy (non-hydrogen) atoms. The van der Waals surface area contributed by atoms with E-state index in [2.05, 4.69) is 31.2 Å². The van der Waals surface area contributed by atoms with Gasteiger partial charge in [-0.3, -0.25) is 9.69 Å². The maximum absolute atomic E-state index is 13.8. The summed E-state index contributed by atoms with van der Waals surface area (Å²) in [6.45, 7) is 8.93. The van der Waals surface area contributed by atoms with Crippen LogP contribution in [0, 0.1) is 12.3 Å². The molecule has 0 aliphatic carbocycles. The first kappa shape index (κ1) is 25.2. The van der Waals surface area contributed by atoms with Crippen LogP contribution in [0.15, 0.2) is 34.9 Å². The van der Waals surface area contributed by atoms with E-state index in [0.29, 0.717) is 44.2 Å². The lowest BCUT2D eigenvalue weighted by Gasteiger charge is -2.42. The molecule has 188 valence electrons. The number of benzene rings is 1. The van der Waals surface area contributed by atoms with Gasteiger partial charge in [-0.2, -0.15) is 0 Å². The number of hydrogen-bond acceptors (Lipinski definition) is 7. The number of aromatic nitrogens is 2. The summed E-state index contributed by atoms with van der Waals surface area (Å²) in [6, 6.07) is 7.05. The maximum atomic E-state index is 13.8. The van der Waals surface area contributed by atoms with E-state index in [4.69, 9.17) is 9.47 Å². The lowest BCUT2D eigenvalue weighted by Crippen LogP contribution is -2.51. The summed E-state index contributed by atoms with van der Waals surface area (Å²) in [5, 5.41) is 3.46. The molecular weight excluding hydrogens is 514 g/mol. The molecule has 1 unspecified atom stereocenters. The van der Waals surface area contributed by atoms with Gasteiger partial charge in [0.1, 0.15) is 17.4 Å². The lowest BCUT2D eigenvalue weighted by molar-refractivity contribution is -0.119. The quantitative estimate of drug-likeness (QED) is 0.607. The SMILES string of the molecule is COc1cccc(NC2C(=O)N(c3ncc(Br)c(C)n3)CC23CCN(C(=O)OC(C)(C)C)CC3)c1. The second-order valence-electron chi connectivity index (χ2n) is 10.2. The Kier molecular flexibility index (Phi) is 6.95. The highest BCUT2D eigenvalue weighted by atomic mass is 79.9. The Hall–Kier alpha value is -2.88. The summed E-state index contributed by atoms with van der Waals surface area (Å²) in [5.41, 5.74) is 0.606. The monoisotopic (exact) mass is 545 g/mol. The highest BCUT2D eigenvalue weighted by molar-refractivity contribution is 9.10. The molecule has 0 bridgehead atoms. The molecule has 2 saturated heterocycles. The average molecular weight is 546 g/mol. The molecule has 1 aromatic carbocycles. The first-order valence-electron chi connectivity index (χ1n) is 11.7. The molecule has 1 spiro atoms. The predicted molar refractivity (Wildman–Crippen MR) is 137 cm³/mol. The van der Waals surface area contributed by atoms with E-state index < -0.39 is 17.1 Å². The van der Waals surface area contributed by atoms with Crippen molar-refractivity contribution in [2.75, 3.05) is 37.0 Å². The van der Waals surface area contributed by atoms with Crippen molar-refractivity contribution < 1.29 is 19.1 Å². The van der Waals surface area contributed by atoms with Gasteiger partial charge >= 0.3 is 6.09 Å². The third kappa shape index (κ3) is 5.37. The Bertz CT molecular complexity index is 1110. The van der Waals surface area contributed by atoms with E-state index in [0.717, 1.165) is 15.9 Å². The molecule has 0 saturated carbocycles. The zero-order chi connectivity index (χ0) is 25.4. The normalized spacial score (nSPS) is 19.7. The highest BCUT2D eigenvalue weighted by Crippen LogP contribution is 2.44. The fourth-order valence-corrected chi connectivity index (χ4v) is 4.83. The van der Waals surface area contributed by atoms with Crippen LogP contribution in [0.5, 0.6) is 5.75 Å². The van der Waals surface area contributed by atoms with Crippen LogP contribution in [0.25, 0.3) is 0 Å². The minimum absolute atomic E-state index is 0.0831. The average Bonchev–Trinajstić information content (AvgIpc) is 3.06. The van der Waals surface area contributed by atoms with Gasteiger partial charge in [-0.15, -0.1) is 0 Å². The summed E-state index contributed by atoms with van der Waals surface area (Å²) in [5.74, 6) is 1.01. The molecule has 1 atom stereocenters. The summed E-state index contributed by atoms with van der Waals surface area (Å²) < 4.78 is 11.7. The Morgan fingerprint density at radius 1 is 1.26 bits per heavy atom. The topological polar surface area (TPSA) is 96.9 Å². The summed E-state index contributed by atoms with van der Waals surface area (Å²) in [7, 11) is 1.61. The Morgan fingerprint density at radius 3 is 2.60 bits per heavy atom. The molecule has 0 radical (unpaired) electrons.